The quantitative estimate of drug-likeness (QED) is 0.491. The maximum absolute atomic E-state index is 12.6. The molecule has 0 spiro atoms. The smallest absolute Gasteiger partial charge is 0.294 e. The third kappa shape index (κ3) is 3.29. The molecule has 8 heteroatoms. The summed E-state index contributed by atoms with van der Waals surface area (Å²) >= 11 is 0. The Bertz CT molecular complexity index is 549. The van der Waals surface area contributed by atoms with Gasteiger partial charge in [-0.15, -0.1) is 0 Å². The Morgan fingerprint density at radius 1 is 1.57 bits per heavy atom. The number of nitrogen functional groups attached to an aromatic ring is 1. The fourth-order valence-electron chi connectivity index (χ4n) is 2.37. The molecule has 114 valence electrons. The molecule has 1 aromatic rings. The average Bonchev–Trinajstić information content (AvgIpc) is 2.70. The fourth-order valence-corrected chi connectivity index (χ4v) is 2.37. The molecule has 1 aliphatic heterocycles. The van der Waals surface area contributed by atoms with Gasteiger partial charge in [-0.25, -0.2) is 0 Å². The standard InChI is InChI=1S/C13H18N4O4/c1-9-8-16(6-3-7-21-9)13(18)10-4-2-5-11(17(19)20)12(10)15-14/h2,4-5,9,15H,3,6-8,14H2,1H3. The van der Waals surface area contributed by atoms with Crippen LogP contribution in [-0.2, 0) is 4.74 Å². The first-order valence-electron chi connectivity index (χ1n) is 6.69. The van der Waals surface area contributed by atoms with Crippen LogP contribution >= 0.6 is 0 Å². The third-order valence-corrected chi connectivity index (χ3v) is 3.35. The summed E-state index contributed by atoms with van der Waals surface area (Å²) < 4.78 is 5.50. The molecule has 0 bridgehead atoms. The highest BCUT2D eigenvalue weighted by Gasteiger charge is 2.26. The number of benzene rings is 1. The van der Waals surface area contributed by atoms with Gasteiger partial charge < -0.3 is 15.1 Å². The second-order valence-electron chi connectivity index (χ2n) is 4.89. The second-order valence-corrected chi connectivity index (χ2v) is 4.89. The van der Waals surface area contributed by atoms with Gasteiger partial charge in [0.05, 0.1) is 16.6 Å². The van der Waals surface area contributed by atoms with Crippen molar-refractivity contribution in [3.8, 4) is 0 Å². The van der Waals surface area contributed by atoms with Crippen LogP contribution in [0.1, 0.15) is 23.7 Å². The topological polar surface area (TPSA) is 111 Å². The first-order valence-corrected chi connectivity index (χ1v) is 6.69. The van der Waals surface area contributed by atoms with Crippen molar-refractivity contribution in [2.75, 3.05) is 25.1 Å². The largest absolute Gasteiger partial charge is 0.377 e. The molecule has 2 rings (SSSR count). The van der Waals surface area contributed by atoms with E-state index in [0.29, 0.717) is 19.7 Å². The number of carbonyl (C=O) groups excluding carboxylic acids is 1. The minimum atomic E-state index is -0.569. The first-order chi connectivity index (χ1) is 10.0. The zero-order chi connectivity index (χ0) is 15.4. The number of nitrogens with one attached hydrogen (secondary N) is 1. The number of ether oxygens (including phenoxy) is 1. The van der Waals surface area contributed by atoms with Gasteiger partial charge in [-0.3, -0.25) is 20.8 Å². The highest BCUT2D eigenvalue weighted by molar-refractivity contribution is 6.01. The molecule has 0 saturated carbocycles. The first kappa shape index (κ1) is 15.2. The number of nitrogens with zero attached hydrogens (tertiary/aromatic N) is 2. The van der Waals surface area contributed by atoms with Crippen molar-refractivity contribution in [2.45, 2.75) is 19.4 Å². The Labute approximate surface area is 122 Å². The number of nitro benzene ring substituents is 1. The zero-order valence-electron chi connectivity index (χ0n) is 11.7. The molecule has 21 heavy (non-hydrogen) atoms. The monoisotopic (exact) mass is 294 g/mol. The number of hydrazine groups is 1. The van der Waals surface area contributed by atoms with Gasteiger partial charge in [-0.05, 0) is 19.4 Å². The van der Waals surface area contributed by atoms with E-state index >= 15 is 0 Å². The number of nitrogens with two attached hydrogens (primary N) is 1. The summed E-state index contributed by atoms with van der Waals surface area (Å²) in [5.41, 5.74) is 2.28. The van der Waals surface area contributed by atoms with Gasteiger partial charge in [0, 0.05) is 25.8 Å². The fraction of sp³-hybridized carbons (Fsp3) is 0.462. The molecule has 1 heterocycles. The molecular formula is C13H18N4O4. The van der Waals surface area contributed by atoms with Crippen molar-refractivity contribution in [2.24, 2.45) is 5.84 Å². The van der Waals surface area contributed by atoms with Crippen LogP contribution in [0.4, 0.5) is 11.4 Å². The lowest BCUT2D eigenvalue weighted by Gasteiger charge is -2.23. The van der Waals surface area contributed by atoms with Crippen molar-refractivity contribution in [3.63, 3.8) is 0 Å². The zero-order valence-corrected chi connectivity index (χ0v) is 11.7. The van der Waals surface area contributed by atoms with Gasteiger partial charge in [0.2, 0.25) is 0 Å². The predicted octanol–water partition coefficient (Wildman–Crippen LogP) is 1.13. The maximum Gasteiger partial charge on any atom is 0.294 e. The van der Waals surface area contributed by atoms with Gasteiger partial charge in [0.25, 0.3) is 11.6 Å². The summed E-state index contributed by atoms with van der Waals surface area (Å²) in [5, 5.41) is 11.0. The van der Waals surface area contributed by atoms with Crippen LogP contribution in [-0.4, -0.2) is 41.5 Å². The van der Waals surface area contributed by atoms with Crippen LogP contribution in [0, 0.1) is 10.1 Å². The number of anilines is 1. The van der Waals surface area contributed by atoms with E-state index in [9.17, 15) is 14.9 Å². The van der Waals surface area contributed by atoms with Crippen LogP contribution in [0.3, 0.4) is 0 Å². The van der Waals surface area contributed by atoms with Crippen LogP contribution in [0.2, 0.25) is 0 Å². The Morgan fingerprint density at radius 3 is 3.00 bits per heavy atom. The molecule has 1 aliphatic rings. The van der Waals surface area contributed by atoms with E-state index < -0.39 is 4.92 Å². The van der Waals surface area contributed by atoms with Crippen LogP contribution in [0.25, 0.3) is 0 Å². The third-order valence-electron chi connectivity index (χ3n) is 3.35. The average molecular weight is 294 g/mol. The van der Waals surface area contributed by atoms with Crippen LogP contribution < -0.4 is 11.3 Å². The number of rotatable bonds is 3. The van der Waals surface area contributed by atoms with E-state index in [4.69, 9.17) is 10.6 Å². The molecule has 8 nitrogen and oxygen atoms in total. The Balaban J connectivity index is 2.34. The SMILES string of the molecule is CC1CN(C(=O)c2cccc([N+](=O)[O-])c2NN)CCCO1. The lowest BCUT2D eigenvalue weighted by atomic mass is 10.1. The van der Waals surface area contributed by atoms with Crippen molar-refractivity contribution in [3.05, 3.63) is 33.9 Å². The van der Waals surface area contributed by atoms with E-state index in [2.05, 4.69) is 5.43 Å². The normalized spacial score (nSPS) is 19.0. The van der Waals surface area contributed by atoms with Crippen molar-refractivity contribution in [1.82, 2.24) is 4.90 Å². The molecule has 1 atom stereocenters. The second kappa shape index (κ2) is 6.51. The Morgan fingerprint density at radius 2 is 2.33 bits per heavy atom. The minimum absolute atomic E-state index is 0.0327. The number of carbonyl (C=O) groups is 1. The van der Waals surface area contributed by atoms with Gasteiger partial charge >= 0.3 is 0 Å². The molecule has 1 saturated heterocycles. The number of nitro groups is 1. The van der Waals surface area contributed by atoms with Crippen LogP contribution in [0.15, 0.2) is 18.2 Å². The predicted molar refractivity (Wildman–Crippen MR) is 76.8 cm³/mol. The summed E-state index contributed by atoms with van der Waals surface area (Å²) in [7, 11) is 0. The Hall–Kier alpha value is -2.19. The summed E-state index contributed by atoms with van der Waals surface area (Å²) in [6, 6.07) is 4.31. The van der Waals surface area contributed by atoms with Gasteiger partial charge in [0.1, 0.15) is 5.69 Å². The molecule has 0 radical (unpaired) electrons. The van der Waals surface area contributed by atoms with E-state index in [1.807, 2.05) is 6.92 Å². The van der Waals surface area contributed by atoms with Gasteiger partial charge in [-0.2, -0.15) is 0 Å². The molecule has 1 unspecified atom stereocenters. The molecule has 0 aromatic heterocycles. The highest BCUT2D eigenvalue weighted by atomic mass is 16.6. The van der Waals surface area contributed by atoms with E-state index in [1.54, 1.807) is 4.90 Å². The molecule has 0 aliphatic carbocycles. The Kier molecular flexibility index (Phi) is 4.71. The molecule has 3 N–H and O–H groups in total. The number of amides is 1. The molecular weight excluding hydrogens is 276 g/mol. The highest BCUT2D eigenvalue weighted by Crippen LogP contribution is 2.28. The summed E-state index contributed by atoms with van der Waals surface area (Å²) in [6.45, 7) is 3.49. The van der Waals surface area contributed by atoms with Crippen molar-refractivity contribution in [1.29, 1.82) is 0 Å². The number of para-hydroxylation sites is 1. The van der Waals surface area contributed by atoms with E-state index in [-0.39, 0.29) is 28.9 Å². The van der Waals surface area contributed by atoms with Crippen molar-refractivity contribution < 1.29 is 14.5 Å². The maximum atomic E-state index is 12.6. The molecule has 1 fully saturated rings. The van der Waals surface area contributed by atoms with Crippen molar-refractivity contribution >= 4 is 17.3 Å². The lowest BCUT2D eigenvalue weighted by Crippen LogP contribution is -2.36. The summed E-state index contributed by atoms with van der Waals surface area (Å²) in [5.74, 6) is 5.08. The summed E-state index contributed by atoms with van der Waals surface area (Å²) in [6.07, 6.45) is 0.667. The molecule has 1 aromatic carbocycles. The minimum Gasteiger partial charge on any atom is -0.377 e. The lowest BCUT2D eigenvalue weighted by molar-refractivity contribution is -0.384. The molecule has 1 amide bonds. The van der Waals surface area contributed by atoms with Crippen LogP contribution in [0.5, 0.6) is 0 Å². The van der Waals surface area contributed by atoms with Gasteiger partial charge in [0.15, 0.2) is 0 Å². The van der Waals surface area contributed by atoms with Gasteiger partial charge in [-0.1, -0.05) is 6.07 Å². The van der Waals surface area contributed by atoms with E-state index in [0.717, 1.165) is 6.42 Å². The number of hydrogen-bond donors (Lipinski definition) is 2. The van der Waals surface area contributed by atoms with E-state index in [1.165, 1.54) is 18.2 Å². The summed E-state index contributed by atoms with van der Waals surface area (Å²) in [4.78, 5) is 24.7. The number of hydrogen-bond acceptors (Lipinski definition) is 6.